The Hall–Kier alpha value is -3.50. The monoisotopic (exact) mass is 522 g/mol. The van der Waals surface area contributed by atoms with Crippen LogP contribution < -0.4 is 15.8 Å². The van der Waals surface area contributed by atoms with Crippen molar-refractivity contribution in [3.05, 3.63) is 101 Å². The van der Waals surface area contributed by atoms with Gasteiger partial charge in [0.05, 0.1) is 5.56 Å². The first-order valence-corrected chi connectivity index (χ1v) is 11.6. The number of aryl methyl sites for hydroxylation is 1. The SMILES string of the molecule is CCc1cccc(CNC[C@@H](OC(=O)c2cccc(OC(F)(F)F)c2)[C@@H](N)Cc2cc(F)cc(F)c2)c1. The number of carbonyl (C=O) groups is 1. The van der Waals surface area contributed by atoms with Crippen molar-refractivity contribution in [2.24, 2.45) is 5.73 Å². The van der Waals surface area contributed by atoms with E-state index in [-0.39, 0.29) is 24.1 Å². The number of alkyl halides is 3. The minimum Gasteiger partial charge on any atom is -0.456 e. The van der Waals surface area contributed by atoms with Gasteiger partial charge in [-0.15, -0.1) is 13.2 Å². The maximum atomic E-state index is 13.6. The number of halogens is 5. The van der Waals surface area contributed by atoms with Crippen molar-refractivity contribution in [2.75, 3.05) is 6.54 Å². The summed E-state index contributed by atoms with van der Waals surface area (Å²) in [5, 5.41) is 3.16. The Bertz CT molecular complexity index is 1180. The smallest absolute Gasteiger partial charge is 0.456 e. The van der Waals surface area contributed by atoms with Crippen LogP contribution in [-0.2, 0) is 24.1 Å². The Balaban J connectivity index is 1.74. The van der Waals surface area contributed by atoms with Crippen LogP contribution in [0.15, 0.2) is 66.7 Å². The lowest BCUT2D eigenvalue weighted by molar-refractivity contribution is -0.274. The fourth-order valence-corrected chi connectivity index (χ4v) is 3.76. The van der Waals surface area contributed by atoms with E-state index in [4.69, 9.17) is 10.5 Å². The Morgan fingerprint density at radius 2 is 1.62 bits per heavy atom. The third-order valence-corrected chi connectivity index (χ3v) is 5.51. The van der Waals surface area contributed by atoms with E-state index in [1.165, 1.54) is 12.1 Å². The van der Waals surface area contributed by atoms with Crippen LogP contribution in [0.5, 0.6) is 5.75 Å². The van der Waals surface area contributed by atoms with E-state index < -0.39 is 41.9 Å². The molecule has 0 saturated carbocycles. The van der Waals surface area contributed by atoms with Gasteiger partial charge in [0.15, 0.2) is 0 Å². The Kier molecular flexibility index (Phi) is 9.60. The average Bonchev–Trinajstić information content (AvgIpc) is 2.82. The molecule has 2 atom stereocenters. The summed E-state index contributed by atoms with van der Waals surface area (Å²) in [6.07, 6.45) is -5.05. The number of esters is 1. The highest BCUT2D eigenvalue weighted by Crippen LogP contribution is 2.24. The van der Waals surface area contributed by atoms with Crippen LogP contribution in [0.2, 0.25) is 0 Å². The second kappa shape index (κ2) is 12.6. The van der Waals surface area contributed by atoms with Crippen molar-refractivity contribution < 1.29 is 36.2 Å². The maximum Gasteiger partial charge on any atom is 0.573 e. The fourth-order valence-electron chi connectivity index (χ4n) is 3.76. The molecular formula is C27H27F5N2O3. The molecule has 3 N–H and O–H groups in total. The summed E-state index contributed by atoms with van der Waals surface area (Å²) in [7, 11) is 0. The minimum atomic E-state index is -4.92. The molecule has 5 nitrogen and oxygen atoms in total. The van der Waals surface area contributed by atoms with E-state index in [1.807, 2.05) is 31.2 Å². The molecule has 10 heteroatoms. The molecule has 3 aromatic rings. The number of nitrogens with one attached hydrogen (secondary N) is 1. The third kappa shape index (κ3) is 9.14. The van der Waals surface area contributed by atoms with Gasteiger partial charge in [-0.25, -0.2) is 13.6 Å². The van der Waals surface area contributed by atoms with Crippen LogP contribution in [-0.4, -0.2) is 31.0 Å². The summed E-state index contributed by atoms with van der Waals surface area (Å²) in [5.74, 6) is -3.04. The molecule has 198 valence electrons. The molecule has 37 heavy (non-hydrogen) atoms. The second-order valence-electron chi connectivity index (χ2n) is 8.47. The van der Waals surface area contributed by atoms with Crippen LogP contribution in [0, 0.1) is 11.6 Å². The van der Waals surface area contributed by atoms with Gasteiger partial charge < -0.3 is 20.5 Å². The molecular weight excluding hydrogens is 495 g/mol. The summed E-state index contributed by atoms with van der Waals surface area (Å²) in [4.78, 5) is 12.8. The molecule has 0 aliphatic carbocycles. The lowest BCUT2D eigenvalue weighted by Crippen LogP contribution is -2.46. The summed E-state index contributed by atoms with van der Waals surface area (Å²) >= 11 is 0. The third-order valence-electron chi connectivity index (χ3n) is 5.51. The summed E-state index contributed by atoms with van der Waals surface area (Å²) < 4.78 is 74.4. The lowest BCUT2D eigenvalue weighted by atomic mass is 10.0. The molecule has 0 saturated heterocycles. The molecule has 3 rings (SSSR count). The standard InChI is InChI=1S/C27H27F5N2O3/c1-2-17-5-3-6-18(9-17)15-34-16-25(24(33)12-19-10-21(28)14-22(29)11-19)36-26(35)20-7-4-8-23(13-20)37-27(30,31)32/h3-11,13-14,24-25,34H,2,12,15-16,33H2,1H3/t24-,25+/m0/s1. The molecule has 0 amide bonds. The van der Waals surface area contributed by atoms with Gasteiger partial charge >= 0.3 is 12.3 Å². The van der Waals surface area contributed by atoms with Crippen LogP contribution >= 0.6 is 0 Å². The van der Waals surface area contributed by atoms with Crippen LogP contribution in [0.25, 0.3) is 0 Å². The molecule has 0 radical (unpaired) electrons. The summed E-state index contributed by atoms with van der Waals surface area (Å²) in [5.41, 5.74) is 8.51. The zero-order valence-electron chi connectivity index (χ0n) is 20.0. The molecule has 0 aliphatic rings. The van der Waals surface area contributed by atoms with Crippen LogP contribution in [0.1, 0.15) is 34.0 Å². The van der Waals surface area contributed by atoms with Crippen molar-refractivity contribution >= 4 is 5.97 Å². The normalized spacial score (nSPS) is 13.2. The van der Waals surface area contributed by atoms with E-state index in [0.29, 0.717) is 6.54 Å². The Labute approximate surface area is 211 Å². The molecule has 0 bridgehead atoms. The first kappa shape index (κ1) is 28.1. The van der Waals surface area contributed by atoms with E-state index in [1.54, 1.807) is 0 Å². The number of rotatable bonds is 11. The van der Waals surface area contributed by atoms with Crippen LogP contribution in [0.4, 0.5) is 22.0 Å². The van der Waals surface area contributed by atoms with Gasteiger partial charge in [-0.2, -0.15) is 0 Å². The molecule has 0 aliphatic heterocycles. The average molecular weight is 523 g/mol. The van der Waals surface area contributed by atoms with Gasteiger partial charge in [-0.3, -0.25) is 0 Å². The van der Waals surface area contributed by atoms with E-state index in [2.05, 4.69) is 10.1 Å². The van der Waals surface area contributed by atoms with Crippen molar-refractivity contribution in [1.29, 1.82) is 0 Å². The van der Waals surface area contributed by atoms with Gasteiger partial charge in [-0.05, 0) is 59.9 Å². The minimum absolute atomic E-state index is 0.0170. The first-order valence-electron chi connectivity index (χ1n) is 11.6. The zero-order chi connectivity index (χ0) is 27.0. The predicted molar refractivity (Wildman–Crippen MR) is 128 cm³/mol. The Morgan fingerprint density at radius 1 is 0.946 bits per heavy atom. The summed E-state index contributed by atoms with van der Waals surface area (Å²) in [6, 6.07) is 14.4. The highest BCUT2D eigenvalue weighted by Gasteiger charge is 2.31. The number of nitrogens with two attached hydrogens (primary N) is 1. The largest absolute Gasteiger partial charge is 0.573 e. The highest BCUT2D eigenvalue weighted by molar-refractivity contribution is 5.90. The lowest BCUT2D eigenvalue weighted by Gasteiger charge is -2.25. The molecule has 0 unspecified atom stereocenters. The molecule has 0 aromatic heterocycles. The van der Waals surface area contributed by atoms with E-state index in [0.717, 1.165) is 47.9 Å². The topological polar surface area (TPSA) is 73.6 Å². The predicted octanol–water partition coefficient (Wildman–Crippen LogP) is 5.31. The number of hydrogen-bond donors (Lipinski definition) is 2. The summed E-state index contributed by atoms with van der Waals surface area (Å²) in [6.45, 7) is 2.54. The van der Waals surface area contributed by atoms with E-state index >= 15 is 0 Å². The van der Waals surface area contributed by atoms with Gasteiger partial charge in [0.2, 0.25) is 0 Å². The number of ether oxygens (including phenoxy) is 2. The van der Waals surface area contributed by atoms with Gasteiger partial charge in [0.1, 0.15) is 23.5 Å². The van der Waals surface area contributed by atoms with Crippen molar-refractivity contribution in [3.8, 4) is 5.75 Å². The number of benzene rings is 3. The molecule has 0 fully saturated rings. The Morgan fingerprint density at radius 3 is 2.30 bits per heavy atom. The van der Waals surface area contributed by atoms with Crippen molar-refractivity contribution in [2.45, 2.75) is 44.8 Å². The van der Waals surface area contributed by atoms with Gasteiger partial charge in [0, 0.05) is 25.2 Å². The fraction of sp³-hybridized carbons (Fsp3) is 0.296. The van der Waals surface area contributed by atoms with E-state index in [9.17, 15) is 26.7 Å². The molecule has 0 spiro atoms. The second-order valence-corrected chi connectivity index (χ2v) is 8.47. The van der Waals surface area contributed by atoms with Crippen molar-refractivity contribution in [3.63, 3.8) is 0 Å². The van der Waals surface area contributed by atoms with Crippen LogP contribution in [0.3, 0.4) is 0 Å². The number of carbonyl (C=O) groups excluding carboxylic acids is 1. The molecule has 0 heterocycles. The quantitative estimate of drug-likeness (QED) is 0.264. The van der Waals surface area contributed by atoms with Crippen molar-refractivity contribution in [1.82, 2.24) is 5.32 Å². The highest BCUT2D eigenvalue weighted by atomic mass is 19.4. The maximum absolute atomic E-state index is 13.6. The van der Waals surface area contributed by atoms with Gasteiger partial charge in [0.25, 0.3) is 0 Å². The molecule has 3 aromatic carbocycles. The number of hydrogen-bond acceptors (Lipinski definition) is 5. The zero-order valence-corrected chi connectivity index (χ0v) is 20.0. The first-order chi connectivity index (χ1) is 17.5. The van der Waals surface area contributed by atoms with Gasteiger partial charge in [-0.1, -0.05) is 37.3 Å².